The molecule has 1 atom stereocenters. The topological polar surface area (TPSA) is 55.8 Å². The lowest BCUT2D eigenvalue weighted by Crippen LogP contribution is -2.21. The number of ether oxygens (including phenoxy) is 2. The second-order valence-corrected chi connectivity index (χ2v) is 5.71. The highest BCUT2D eigenvalue weighted by atomic mass is 16.6. The number of rotatable bonds is 6. The molecule has 0 aliphatic heterocycles. The number of phenolic OH excluding ortho intramolecular Hbond substituents is 1. The van der Waals surface area contributed by atoms with E-state index >= 15 is 0 Å². The van der Waals surface area contributed by atoms with E-state index in [1.165, 1.54) is 6.07 Å². The molecular formula is C22H20O4. The van der Waals surface area contributed by atoms with Crippen LogP contribution in [0.2, 0.25) is 0 Å². The van der Waals surface area contributed by atoms with Crippen LogP contribution in [0.15, 0.2) is 78.9 Å². The predicted octanol–water partition coefficient (Wildman–Crippen LogP) is 4.74. The molecule has 0 heterocycles. The smallest absolute Gasteiger partial charge is 0.352 e. The number of benzene rings is 3. The quantitative estimate of drug-likeness (QED) is 0.654. The van der Waals surface area contributed by atoms with Gasteiger partial charge >= 0.3 is 5.97 Å². The van der Waals surface area contributed by atoms with Gasteiger partial charge in [-0.25, -0.2) is 4.79 Å². The van der Waals surface area contributed by atoms with E-state index in [0.717, 1.165) is 5.56 Å². The van der Waals surface area contributed by atoms with Crippen LogP contribution < -0.4 is 4.74 Å². The fraction of sp³-hybridized carbons (Fsp3) is 0.136. The molecule has 0 bridgehead atoms. The number of aromatic hydroxyl groups is 1. The van der Waals surface area contributed by atoms with Crippen LogP contribution in [-0.4, -0.2) is 17.7 Å². The minimum Gasteiger partial charge on any atom is -0.508 e. The average Bonchev–Trinajstić information content (AvgIpc) is 2.68. The van der Waals surface area contributed by atoms with E-state index in [0.29, 0.717) is 16.9 Å². The first-order valence-electron chi connectivity index (χ1n) is 8.45. The van der Waals surface area contributed by atoms with Gasteiger partial charge in [0.15, 0.2) is 0 Å². The molecule has 3 aromatic carbocycles. The predicted molar refractivity (Wildman–Crippen MR) is 100.0 cm³/mol. The van der Waals surface area contributed by atoms with Crippen molar-refractivity contribution >= 4 is 5.97 Å². The van der Waals surface area contributed by atoms with E-state index in [2.05, 4.69) is 0 Å². The van der Waals surface area contributed by atoms with Gasteiger partial charge in [0.2, 0.25) is 6.10 Å². The van der Waals surface area contributed by atoms with E-state index in [-0.39, 0.29) is 12.4 Å². The fourth-order valence-electron chi connectivity index (χ4n) is 2.69. The number of hydrogen-bond acceptors (Lipinski definition) is 4. The van der Waals surface area contributed by atoms with E-state index < -0.39 is 12.1 Å². The van der Waals surface area contributed by atoms with Gasteiger partial charge in [-0.2, -0.15) is 0 Å². The molecule has 0 saturated carbocycles. The van der Waals surface area contributed by atoms with Crippen LogP contribution in [0.4, 0.5) is 0 Å². The minimum absolute atomic E-state index is 0.128. The normalized spacial score (nSPS) is 11.6. The van der Waals surface area contributed by atoms with Gasteiger partial charge in [-0.3, -0.25) is 0 Å². The Balaban J connectivity index is 2.01. The molecule has 0 aliphatic carbocycles. The highest BCUT2D eigenvalue weighted by molar-refractivity contribution is 5.78. The Kier molecular flexibility index (Phi) is 5.54. The number of carbonyl (C=O) groups is 1. The molecule has 0 fully saturated rings. The van der Waals surface area contributed by atoms with Gasteiger partial charge in [0.05, 0.1) is 6.61 Å². The van der Waals surface area contributed by atoms with Crippen LogP contribution in [0, 0.1) is 0 Å². The number of phenols is 1. The summed E-state index contributed by atoms with van der Waals surface area (Å²) in [5, 5.41) is 9.90. The van der Waals surface area contributed by atoms with E-state index in [1.54, 1.807) is 19.1 Å². The van der Waals surface area contributed by atoms with Crippen molar-refractivity contribution < 1.29 is 19.4 Å². The molecule has 3 rings (SSSR count). The van der Waals surface area contributed by atoms with Crippen molar-refractivity contribution in [3.05, 3.63) is 84.4 Å². The molecule has 0 aliphatic rings. The lowest BCUT2D eigenvalue weighted by molar-refractivity contribution is -0.151. The van der Waals surface area contributed by atoms with Crippen molar-refractivity contribution in [2.24, 2.45) is 0 Å². The molecular weight excluding hydrogens is 328 g/mol. The van der Waals surface area contributed by atoms with Gasteiger partial charge < -0.3 is 14.6 Å². The molecule has 26 heavy (non-hydrogen) atoms. The Bertz CT molecular complexity index is 860. The van der Waals surface area contributed by atoms with Crippen LogP contribution in [0.5, 0.6) is 11.5 Å². The zero-order valence-electron chi connectivity index (χ0n) is 14.5. The average molecular weight is 348 g/mol. The highest BCUT2D eigenvalue weighted by Gasteiger charge is 2.25. The summed E-state index contributed by atoms with van der Waals surface area (Å²) in [6.45, 7) is 2.03. The number of hydrogen-bond donors (Lipinski definition) is 1. The summed E-state index contributed by atoms with van der Waals surface area (Å²) in [5.74, 6) is 0.172. The molecule has 0 saturated heterocycles. The maximum atomic E-state index is 12.5. The van der Waals surface area contributed by atoms with E-state index in [1.807, 2.05) is 60.7 Å². The maximum Gasteiger partial charge on any atom is 0.352 e. The van der Waals surface area contributed by atoms with Crippen molar-refractivity contribution in [3.8, 4) is 22.6 Å². The number of esters is 1. The molecule has 0 aromatic heterocycles. The third-order valence-corrected chi connectivity index (χ3v) is 3.90. The monoisotopic (exact) mass is 348 g/mol. The highest BCUT2D eigenvalue weighted by Crippen LogP contribution is 2.36. The molecule has 4 heteroatoms. The summed E-state index contributed by atoms with van der Waals surface area (Å²) in [6, 6.07) is 23.6. The maximum absolute atomic E-state index is 12.5. The van der Waals surface area contributed by atoms with Gasteiger partial charge in [0.25, 0.3) is 0 Å². The standard InChI is InChI=1S/C22H20O4/c1-2-25-22(24)21(17-11-7-4-8-12-17)26-20-14-13-18(23)15-19(20)16-9-5-3-6-10-16/h3-15,21,23H,2H2,1H3. The van der Waals surface area contributed by atoms with Crippen LogP contribution in [0.3, 0.4) is 0 Å². The summed E-state index contributed by atoms with van der Waals surface area (Å²) in [4.78, 5) is 12.5. The van der Waals surface area contributed by atoms with Crippen LogP contribution in [0.1, 0.15) is 18.6 Å². The van der Waals surface area contributed by atoms with Gasteiger partial charge in [0.1, 0.15) is 11.5 Å². The molecule has 4 nitrogen and oxygen atoms in total. The molecule has 132 valence electrons. The lowest BCUT2D eigenvalue weighted by Gasteiger charge is -2.20. The van der Waals surface area contributed by atoms with Gasteiger partial charge in [-0.1, -0.05) is 60.7 Å². The molecule has 3 aromatic rings. The zero-order chi connectivity index (χ0) is 18.4. The molecule has 1 N–H and O–H groups in total. The second kappa shape index (κ2) is 8.21. The Morgan fingerprint density at radius 2 is 1.62 bits per heavy atom. The van der Waals surface area contributed by atoms with E-state index in [4.69, 9.17) is 9.47 Å². The SMILES string of the molecule is CCOC(=O)C(Oc1ccc(O)cc1-c1ccccc1)c1ccccc1. The van der Waals surface area contributed by atoms with Crippen molar-refractivity contribution in [3.63, 3.8) is 0 Å². The van der Waals surface area contributed by atoms with Crippen molar-refractivity contribution in [2.45, 2.75) is 13.0 Å². The third-order valence-electron chi connectivity index (χ3n) is 3.90. The minimum atomic E-state index is -0.886. The summed E-state index contributed by atoms with van der Waals surface area (Å²) in [6.07, 6.45) is -0.886. The molecule has 0 amide bonds. The van der Waals surface area contributed by atoms with Gasteiger partial charge in [-0.15, -0.1) is 0 Å². The van der Waals surface area contributed by atoms with Gasteiger partial charge in [0, 0.05) is 11.1 Å². The van der Waals surface area contributed by atoms with Gasteiger partial charge in [-0.05, 0) is 30.7 Å². The Labute approximate surface area is 152 Å². The van der Waals surface area contributed by atoms with Crippen molar-refractivity contribution in [1.29, 1.82) is 0 Å². The zero-order valence-corrected chi connectivity index (χ0v) is 14.5. The Morgan fingerprint density at radius 3 is 2.27 bits per heavy atom. The molecule has 0 radical (unpaired) electrons. The molecule has 1 unspecified atom stereocenters. The summed E-state index contributed by atoms with van der Waals surface area (Å²) < 4.78 is 11.3. The first kappa shape index (κ1) is 17.5. The summed E-state index contributed by atoms with van der Waals surface area (Å²) in [5.41, 5.74) is 2.29. The Morgan fingerprint density at radius 1 is 0.962 bits per heavy atom. The summed E-state index contributed by atoms with van der Waals surface area (Å²) in [7, 11) is 0. The second-order valence-electron chi connectivity index (χ2n) is 5.71. The first-order chi connectivity index (χ1) is 12.7. The summed E-state index contributed by atoms with van der Waals surface area (Å²) >= 11 is 0. The third kappa shape index (κ3) is 4.03. The van der Waals surface area contributed by atoms with Crippen LogP contribution in [0.25, 0.3) is 11.1 Å². The van der Waals surface area contributed by atoms with Crippen molar-refractivity contribution in [1.82, 2.24) is 0 Å². The van der Waals surface area contributed by atoms with Crippen LogP contribution >= 0.6 is 0 Å². The Hall–Kier alpha value is -3.27. The van der Waals surface area contributed by atoms with Crippen molar-refractivity contribution in [2.75, 3.05) is 6.61 Å². The molecule has 0 spiro atoms. The first-order valence-corrected chi connectivity index (χ1v) is 8.45. The largest absolute Gasteiger partial charge is 0.508 e. The lowest BCUT2D eigenvalue weighted by atomic mass is 10.0. The number of carbonyl (C=O) groups excluding carboxylic acids is 1. The van der Waals surface area contributed by atoms with E-state index in [9.17, 15) is 9.90 Å². The van der Waals surface area contributed by atoms with Crippen LogP contribution in [-0.2, 0) is 9.53 Å². The fourth-order valence-corrected chi connectivity index (χ4v) is 2.69.